The van der Waals surface area contributed by atoms with Gasteiger partial charge in [-0.1, -0.05) is 85.0 Å². The monoisotopic (exact) mass is 576 g/mol. The number of aliphatic imine (C=N–C) groups is 1. The first-order valence-electron chi connectivity index (χ1n) is 15.4. The molecule has 3 aromatic carbocycles. The maximum Gasteiger partial charge on any atom is 0.164 e. The molecule has 0 N–H and O–H groups in total. The van der Waals surface area contributed by atoms with E-state index in [4.69, 9.17) is 15.0 Å². The number of rotatable bonds is 5. The number of nitrogens with zero attached hydrogens (tertiary/aromatic N) is 4. The van der Waals surface area contributed by atoms with Crippen molar-refractivity contribution in [3.8, 4) is 22.5 Å². The van der Waals surface area contributed by atoms with E-state index in [1.807, 2.05) is 17.6 Å². The van der Waals surface area contributed by atoms with Gasteiger partial charge in [-0.3, -0.25) is 4.99 Å². The summed E-state index contributed by atoms with van der Waals surface area (Å²) >= 11 is 1.85. The molecule has 0 spiro atoms. The van der Waals surface area contributed by atoms with Gasteiger partial charge in [-0.05, 0) is 72.9 Å². The fourth-order valence-corrected chi connectivity index (χ4v) is 7.70. The highest BCUT2D eigenvalue weighted by Crippen LogP contribution is 2.45. The molecule has 5 aromatic rings. The van der Waals surface area contributed by atoms with Crippen molar-refractivity contribution in [2.24, 2.45) is 4.99 Å². The first-order chi connectivity index (χ1) is 21.3. The summed E-state index contributed by atoms with van der Waals surface area (Å²) in [6.07, 6.45) is 21.7. The van der Waals surface area contributed by atoms with E-state index in [0.717, 1.165) is 68.1 Å². The highest BCUT2D eigenvalue weighted by atomic mass is 32.1. The van der Waals surface area contributed by atoms with Crippen molar-refractivity contribution in [2.75, 3.05) is 6.54 Å². The van der Waals surface area contributed by atoms with Crippen LogP contribution in [0.3, 0.4) is 0 Å². The van der Waals surface area contributed by atoms with E-state index in [2.05, 4.69) is 102 Å². The Labute approximate surface area is 256 Å². The molecule has 5 heteroatoms. The molecule has 3 heterocycles. The minimum absolute atomic E-state index is 0.218. The highest BCUT2D eigenvalue weighted by Gasteiger charge is 2.23. The van der Waals surface area contributed by atoms with Crippen molar-refractivity contribution in [3.05, 3.63) is 114 Å². The van der Waals surface area contributed by atoms with E-state index < -0.39 is 0 Å². The summed E-state index contributed by atoms with van der Waals surface area (Å²) in [6.45, 7) is 0.874. The number of thiophene rings is 1. The maximum absolute atomic E-state index is 5.22. The zero-order valence-electron chi connectivity index (χ0n) is 24.0. The van der Waals surface area contributed by atoms with Gasteiger partial charge in [0.15, 0.2) is 11.6 Å². The molecule has 43 heavy (non-hydrogen) atoms. The van der Waals surface area contributed by atoms with Crippen LogP contribution in [0.2, 0.25) is 0 Å². The fourth-order valence-electron chi connectivity index (χ4n) is 6.43. The molecule has 1 atom stereocenters. The Morgan fingerprint density at radius 3 is 2.47 bits per heavy atom. The highest BCUT2D eigenvalue weighted by molar-refractivity contribution is 7.26. The fraction of sp³-hybridized carbons (Fsp3) is 0.211. The third kappa shape index (κ3) is 4.98. The Bertz CT molecular complexity index is 2010. The molecule has 2 aromatic heterocycles. The predicted octanol–water partition coefficient (Wildman–Crippen LogP) is 9.99. The van der Waals surface area contributed by atoms with Crippen molar-refractivity contribution < 1.29 is 0 Å². The van der Waals surface area contributed by atoms with E-state index in [1.54, 1.807) is 0 Å². The lowest BCUT2D eigenvalue weighted by Gasteiger charge is -2.19. The molecular weight excluding hydrogens is 545 g/mol. The average Bonchev–Trinajstić information content (AvgIpc) is 3.48. The Morgan fingerprint density at radius 2 is 1.65 bits per heavy atom. The Kier molecular flexibility index (Phi) is 6.88. The second-order valence-corrected chi connectivity index (χ2v) is 12.5. The Morgan fingerprint density at radius 1 is 0.767 bits per heavy atom. The molecule has 0 bridgehead atoms. The minimum Gasteiger partial charge on any atom is -0.292 e. The summed E-state index contributed by atoms with van der Waals surface area (Å²) in [6, 6.07) is 22.2. The number of aromatic nitrogens is 3. The van der Waals surface area contributed by atoms with Gasteiger partial charge in [-0.25, -0.2) is 15.0 Å². The lowest BCUT2D eigenvalue weighted by atomic mass is 9.93. The van der Waals surface area contributed by atoms with Gasteiger partial charge in [0.25, 0.3) is 0 Å². The molecule has 1 aliphatic heterocycles. The summed E-state index contributed by atoms with van der Waals surface area (Å²) in [7, 11) is 0. The topological polar surface area (TPSA) is 51.0 Å². The third-order valence-electron chi connectivity index (χ3n) is 8.69. The molecule has 0 saturated heterocycles. The smallest absolute Gasteiger partial charge is 0.164 e. The Hall–Kier alpha value is -4.48. The molecule has 8 rings (SSSR count). The van der Waals surface area contributed by atoms with Crippen molar-refractivity contribution in [3.63, 3.8) is 0 Å². The van der Waals surface area contributed by atoms with Crippen molar-refractivity contribution >= 4 is 48.9 Å². The van der Waals surface area contributed by atoms with Crippen LogP contribution in [0, 0.1) is 0 Å². The molecular formula is C38H32N4S. The quantitative estimate of drug-likeness (QED) is 0.196. The Balaban J connectivity index is 1.35. The van der Waals surface area contributed by atoms with E-state index >= 15 is 0 Å². The number of benzene rings is 3. The van der Waals surface area contributed by atoms with E-state index in [1.165, 1.54) is 48.0 Å². The van der Waals surface area contributed by atoms with Crippen LogP contribution >= 0.6 is 11.3 Å². The molecule has 0 saturated carbocycles. The average molecular weight is 577 g/mol. The lowest BCUT2D eigenvalue weighted by Crippen LogP contribution is -2.11. The molecule has 0 radical (unpaired) electrons. The van der Waals surface area contributed by atoms with Gasteiger partial charge in [0.2, 0.25) is 0 Å². The molecule has 4 nitrogen and oxygen atoms in total. The summed E-state index contributed by atoms with van der Waals surface area (Å²) in [5.41, 5.74) is 7.00. The number of dihydropyridines is 1. The van der Waals surface area contributed by atoms with Gasteiger partial charge in [-0.15, -0.1) is 11.3 Å². The lowest BCUT2D eigenvalue weighted by molar-refractivity contribution is 0.621. The summed E-state index contributed by atoms with van der Waals surface area (Å²) in [4.78, 5) is 20.0. The second-order valence-electron chi connectivity index (χ2n) is 11.5. The van der Waals surface area contributed by atoms with Crippen LogP contribution in [0.25, 0.3) is 53.8 Å². The standard InChI is InChI=1S/C38H32N4S/c1-3-10-27(11-4-1)36-40-37(28-12-5-2-6-13-28)42-38(41-36)32-22-21-31-30-15-7-8-16-33(30)43-35(31)34(32)26-19-17-25(18-20-26)29-14-9-23-39-24-29/h1,3,5,7-8,10,12,14-22,24,28H,2,4,6,9,11,13,23H2. The first kappa shape index (κ1) is 26.2. The van der Waals surface area contributed by atoms with Crippen LogP contribution in [0.1, 0.15) is 61.7 Å². The van der Waals surface area contributed by atoms with Crippen LogP contribution < -0.4 is 0 Å². The number of hydrogen-bond acceptors (Lipinski definition) is 5. The summed E-state index contributed by atoms with van der Waals surface area (Å²) < 4.78 is 2.56. The van der Waals surface area contributed by atoms with Crippen LogP contribution in [0.15, 0.2) is 102 Å². The van der Waals surface area contributed by atoms with Gasteiger partial charge in [-0.2, -0.15) is 0 Å². The largest absolute Gasteiger partial charge is 0.292 e. The SMILES string of the molecule is C1=CCCC(c2nc(-c3ccc4c(sc5ccccc54)c3-c3ccc(C4=CCCN=C4)cc3)nc(C3C=CCCC3)n2)=C1. The van der Waals surface area contributed by atoms with E-state index in [9.17, 15) is 0 Å². The second kappa shape index (κ2) is 11.3. The van der Waals surface area contributed by atoms with Gasteiger partial charge >= 0.3 is 0 Å². The van der Waals surface area contributed by atoms with Gasteiger partial charge < -0.3 is 0 Å². The number of allylic oxidation sites excluding steroid dienone is 7. The van der Waals surface area contributed by atoms with Crippen LogP contribution in [0.5, 0.6) is 0 Å². The molecule has 210 valence electrons. The predicted molar refractivity (Wildman–Crippen MR) is 182 cm³/mol. The first-order valence-corrected chi connectivity index (χ1v) is 16.2. The van der Waals surface area contributed by atoms with Crippen LogP contribution in [0.4, 0.5) is 0 Å². The summed E-state index contributed by atoms with van der Waals surface area (Å²) in [5, 5.41) is 2.56. The molecule has 0 amide bonds. The van der Waals surface area contributed by atoms with Gasteiger partial charge in [0, 0.05) is 50.0 Å². The zero-order valence-corrected chi connectivity index (χ0v) is 24.9. The third-order valence-corrected chi connectivity index (χ3v) is 9.89. The maximum atomic E-state index is 5.22. The normalized spacial score (nSPS) is 18.3. The van der Waals surface area contributed by atoms with Gasteiger partial charge in [0.05, 0.1) is 0 Å². The van der Waals surface area contributed by atoms with Crippen molar-refractivity contribution in [2.45, 2.75) is 44.4 Å². The zero-order chi connectivity index (χ0) is 28.6. The van der Waals surface area contributed by atoms with E-state index in [-0.39, 0.29) is 5.92 Å². The number of hydrogen-bond donors (Lipinski definition) is 0. The van der Waals surface area contributed by atoms with Crippen LogP contribution in [-0.2, 0) is 0 Å². The van der Waals surface area contributed by atoms with Gasteiger partial charge in [0.1, 0.15) is 5.82 Å². The molecule has 2 aliphatic carbocycles. The molecule has 3 aliphatic rings. The van der Waals surface area contributed by atoms with Crippen molar-refractivity contribution in [1.82, 2.24) is 15.0 Å². The molecule has 0 fully saturated rings. The number of fused-ring (bicyclic) bond motifs is 3. The molecule has 1 unspecified atom stereocenters. The van der Waals surface area contributed by atoms with Crippen molar-refractivity contribution in [1.29, 1.82) is 0 Å². The minimum atomic E-state index is 0.218. The summed E-state index contributed by atoms with van der Waals surface area (Å²) in [5.74, 6) is 2.67. The van der Waals surface area contributed by atoms with E-state index in [0.29, 0.717) is 0 Å². The van der Waals surface area contributed by atoms with Crippen LogP contribution in [-0.4, -0.2) is 27.7 Å².